The van der Waals surface area contributed by atoms with Crippen LogP contribution in [0.1, 0.15) is 19.8 Å². The normalized spacial score (nSPS) is 23.1. The van der Waals surface area contributed by atoms with Crippen LogP contribution in [0.2, 0.25) is 10.0 Å². The zero-order valence-corrected chi connectivity index (χ0v) is 12.1. The van der Waals surface area contributed by atoms with Gasteiger partial charge in [0.25, 0.3) is 0 Å². The minimum Gasteiger partial charge on any atom is -0.396 e. The summed E-state index contributed by atoms with van der Waals surface area (Å²) in [5.41, 5.74) is 5.71. The summed E-state index contributed by atoms with van der Waals surface area (Å²) in [5, 5.41) is 0.223. The summed E-state index contributed by atoms with van der Waals surface area (Å²) < 4.78 is 26.9. The molecule has 1 fully saturated rings. The van der Waals surface area contributed by atoms with Gasteiger partial charge in [-0.05, 0) is 24.5 Å². The van der Waals surface area contributed by atoms with Crippen LogP contribution in [0.15, 0.2) is 17.0 Å². The fourth-order valence-corrected chi connectivity index (χ4v) is 3.95. The Balaban J connectivity index is 2.28. The Morgan fingerprint density at radius 3 is 2.67 bits per heavy atom. The number of sulfonamides is 1. The second kappa shape index (κ2) is 4.89. The van der Waals surface area contributed by atoms with E-state index in [9.17, 15) is 8.42 Å². The highest BCUT2D eigenvalue weighted by Gasteiger charge is 2.39. The van der Waals surface area contributed by atoms with Crippen molar-refractivity contribution in [1.82, 2.24) is 4.72 Å². The molecule has 100 valence electrons. The van der Waals surface area contributed by atoms with Gasteiger partial charge in [-0.3, -0.25) is 0 Å². The standard InChI is InChI=1S/C11H14Cl2N2O2S/c1-2-6-5-8(6)15-18(16,17)9-4-3-7(12)11(14)10(9)13/h3-4,6,8,15H,2,5,14H2,1H3. The fraction of sp³-hybridized carbons (Fsp3) is 0.455. The Morgan fingerprint density at radius 1 is 1.44 bits per heavy atom. The van der Waals surface area contributed by atoms with Crippen molar-refractivity contribution >= 4 is 38.9 Å². The molecule has 0 amide bonds. The van der Waals surface area contributed by atoms with Crippen molar-refractivity contribution < 1.29 is 8.42 Å². The molecule has 3 N–H and O–H groups in total. The van der Waals surface area contributed by atoms with Gasteiger partial charge in [0.05, 0.1) is 15.7 Å². The maximum atomic E-state index is 12.1. The highest BCUT2D eigenvalue weighted by Crippen LogP contribution is 2.37. The van der Waals surface area contributed by atoms with Gasteiger partial charge in [-0.1, -0.05) is 36.5 Å². The SMILES string of the molecule is CCC1CC1NS(=O)(=O)c1ccc(Cl)c(N)c1Cl. The first-order valence-electron chi connectivity index (χ1n) is 5.62. The molecule has 0 aliphatic heterocycles. The van der Waals surface area contributed by atoms with Gasteiger partial charge in [0.15, 0.2) is 0 Å². The quantitative estimate of drug-likeness (QED) is 0.840. The molecular weight excluding hydrogens is 295 g/mol. The zero-order valence-electron chi connectivity index (χ0n) is 9.78. The molecule has 0 radical (unpaired) electrons. The lowest BCUT2D eigenvalue weighted by atomic mass is 10.3. The monoisotopic (exact) mass is 308 g/mol. The third kappa shape index (κ3) is 2.59. The van der Waals surface area contributed by atoms with E-state index in [1.807, 2.05) is 6.92 Å². The second-order valence-corrected chi connectivity index (χ2v) is 6.87. The minimum absolute atomic E-state index is 0.00738. The van der Waals surface area contributed by atoms with Crippen LogP contribution in [-0.4, -0.2) is 14.5 Å². The molecular formula is C11H14Cl2N2O2S. The van der Waals surface area contributed by atoms with E-state index in [1.165, 1.54) is 12.1 Å². The zero-order chi connectivity index (χ0) is 13.5. The maximum Gasteiger partial charge on any atom is 0.242 e. The first-order chi connectivity index (χ1) is 8.36. The lowest BCUT2D eigenvalue weighted by Crippen LogP contribution is -2.27. The number of hydrogen-bond acceptors (Lipinski definition) is 3. The molecule has 1 saturated carbocycles. The van der Waals surface area contributed by atoms with E-state index in [1.54, 1.807) is 0 Å². The van der Waals surface area contributed by atoms with Crippen molar-refractivity contribution in [2.24, 2.45) is 5.92 Å². The van der Waals surface area contributed by atoms with Crippen molar-refractivity contribution in [2.75, 3.05) is 5.73 Å². The van der Waals surface area contributed by atoms with Gasteiger partial charge in [0.1, 0.15) is 4.90 Å². The van der Waals surface area contributed by atoms with E-state index in [2.05, 4.69) is 4.72 Å². The molecule has 2 unspecified atom stereocenters. The first kappa shape index (κ1) is 13.9. The van der Waals surface area contributed by atoms with Crippen LogP contribution in [0.4, 0.5) is 5.69 Å². The average Bonchev–Trinajstić information content (AvgIpc) is 3.03. The van der Waals surface area contributed by atoms with Gasteiger partial charge in [-0.25, -0.2) is 13.1 Å². The summed E-state index contributed by atoms with van der Waals surface area (Å²) in [4.78, 5) is -0.0205. The van der Waals surface area contributed by atoms with Crippen LogP contribution in [0.5, 0.6) is 0 Å². The van der Waals surface area contributed by atoms with Gasteiger partial charge in [0.2, 0.25) is 10.0 Å². The topological polar surface area (TPSA) is 72.2 Å². The van der Waals surface area contributed by atoms with Crippen molar-refractivity contribution in [2.45, 2.75) is 30.7 Å². The average molecular weight is 309 g/mol. The molecule has 1 aromatic carbocycles. The molecule has 7 heteroatoms. The summed E-state index contributed by atoms with van der Waals surface area (Å²) in [5.74, 6) is 0.420. The molecule has 0 aromatic heterocycles. The summed E-state index contributed by atoms with van der Waals surface area (Å²) in [7, 11) is -3.63. The third-order valence-corrected chi connectivity index (χ3v) is 5.52. The lowest BCUT2D eigenvalue weighted by Gasteiger charge is -2.10. The van der Waals surface area contributed by atoms with Crippen LogP contribution in [0, 0.1) is 5.92 Å². The molecule has 1 aliphatic carbocycles. The number of anilines is 1. The Kier molecular flexibility index (Phi) is 3.78. The minimum atomic E-state index is -3.63. The van der Waals surface area contributed by atoms with Gasteiger partial charge in [-0.2, -0.15) is 0 Å². The molecule has 0 saturated heterocycles. The van der Waals surface area contributed by atoms with Gasteiger partial charge < -0.3 is 5.73 Å². The number of rotatable bonds is 4. The van der Waals surface area contributed by atoms with E-state index in [-0.39, 0.29) is 26.7 Å². The number of nitrogen functional groups attached to an aromatic ring is 1. The second-order valence-electron chi connectivity index (χ2n) is 4.40. The van der Waals surface area contributed by atoms with E-state index >= 15 is 0 Å². The van der Waals surface area contributed by atoms with Crippen LogP contribution >= 0.6 is 23.2 Å². The van der Waals surface area contributed by atoms with Crippen molar-refractivity contribution in [3.05, 3.63) is 22.2 Å². The first-order valence-corrected chi connectivity index (χ1v) is 7.86. The third-order valence-electron chi connectivity index (χ3n) is 3.13. The van der Waals surface area contributed by atoms with Crippen LogP contribution in [0.3, 0.4) is 0 Å². The van der Waals surface area contributed by atoms with Crippen LogP contribution < -0.4 is 10.5 Å². The molecule has 4 nitrogen and oxygen atoms in total. The van der Waals surface area contributed by atoms with Crippen molar-refractivity contribution in [3.8, 4) is 0 Å². The number of nitrogens with two attached hydrogens (primary N) is 1. The summed E-state index contributed by atoms with van der Waals surface area (Å²) >= 11 is 11.7. The van der Waals surface area contributed by atoms with Crippen molar-refractivity contribution in [1.29, 1.82) is 0 Å². The van der Waals surface area contributed by atoms with E-state index < -0.39 is 10.0 Å². The van der Waals surface area contributed by atoms with Gasteiger partial charge >= 0.3 is 0 Å². The predicted molar refractivity (Wildman–Crippen MR) is 73.4 cm³/mol. The summed E-state index contributed by atoms with van der Waals surface area (Å²) in [6.07, 6.45) is 1.83. The van der Waals surface area contributed by atoms with Crippen LogP contribution in [-0.2, 0) is 10.0 Å². The maximum absolute atomic E-state index is 12.1. The largest absolute Gasteiger partial charge is 0.396 e. The highest BCUT2D eigenvalue weighted by molar-refractivity contribution is 7.89. The number of nitrogens with one attached hydrogen (secondary N) is 1. The Morgan fingerprint density at radius 2 is 2.11 bits per heavy atom. The summed E-state index contributed by atoms with van der Waals surface area (Å²) in [6.45, 7) is 2.03. The molecule has 1 aromatic rings. The van der Waals surface area contributed by atoms with Crippen LogP contribution in [0.25, 0.3) is 0 Å². The van der Waals surface area contributed by atoms with E-state index in [4.69, 9.17) is 28.9 Å². The predicted octanol–water partition coefficient (Wildman–Crippen LogP) is 2.65. The molecule has 0 bridgehead atoms. The number of benzene rings is 1. The molecule has 2 rings (SSSR count). The highest BCUT2D eigenvalue weighted by atomic mass is 35.5. The fourth-order valence-electron chi connectivity index (χ4n) is 1.86. The van der Waals surface area contributed by atoms with E-state index in [0.717, 1.165) is 12.8 Å². The smallest absolute Gasteiger partial charge is 0.242 e. The van der Waals surface area contributed by atoms with Gasteiger partial charge in [-0.15, -0.1) is 0 Å². The Bertz CT molecular complexity index is 575. The van der Waals surface area contributed by atoms with E-state index in [0.29, 0.717) is 5.92 Å². The lowest BCUT2D eigenvalue weighted by molar-refractivity contribution is 0.576. The Hall–Kier alpha value is -0.490. The molecule has 2 atom stereocenters. The number of halogens is 2. The summed E-state index contributed by atoms with van der Waals surface area (Å²) in [6, 6.07) is 2.81. The number of hydrogen-bond donors (Lipinski definition) is 2. The molecule has 0 spiro atoms. The van der Waals surface area contributed by atoms with Crippen molar-refractivity contribution in [3.63, 3.8) is 0 Å². The molecule has 18 heavy (non-hydrogen) atoms. The molecule has 1 aliphatic rings. The Labute approximate surface area is 117 Å². The molecule has 0 heterocycles. The van der Waals surface area contributed by atoms with Gasteiger partial charge in [0, 0.05) is 6.04 Å².